The lowest BCUT2D eigenvalue weighted by atomic mass is 10.0. The molecule has 12 rings (SSSR count). The number of ether oxygens (including phenoxy) is 4. The minimum Gasteiger partial charge on any atom is -0.395 e. The number of halogens is 4. The van der Waals surface area contributed by atoms with E-state index in [9.17, 15) is 17.6 Å². The first-order valence-electron chi connectivity index (χ1n) is 20.7. The summed E-state index contributed by atoms with van der Waals surface area (Å²) in [5.41, 5.74) is 8.47. The molecule has 0 spiro atoms. The molecule has 8 aromatic rings. The fourth-order valence-corrected chi connectivity index (χ4v) is 8.74. The molecule has 63 heavy (non-hydrogen) atoms. The van der Waals surface area contributed by atoms with Crippen LogP contribution in [0.25, 0.3) is 66.6 Å². The summed E-state index contributed by atoms with van der Waals surface area (Å²) in [5, 5.41) is 14.3. The topological polar surface area (TPSA) is 145 Å². The van der Waals surface area contributed by atoms with Gasteiger partial charge in [0.25, 0.3) is 0 Å². The highest BCUT2D eigenvalue weighted by Gasteiger charge is 2.44. The number of aromatic nitrogens is 8. The minimum absolute atomic E-state index is 0.0178. The van der Waals surface area contributed by atoms with E-state index in [1.807, 2.05) is 54.0 Å². The molecular weight excluding hydrogens is 821 g/mol. The van der Waals surface area contributed by atoms with Crippen LogP contribution in [0.4, 0.5) is 17.6 Å². The highest BCUT2D eigenvalue weighted by Crippen LogP contribution is 2.45. The van der Waals surface area contributed by atoms with E-state index in [0.717, 1.165) is 113 Å². The number of piperidine rings is 2. The maximum atomic E-state index is 13.4. The van der Waals surface area contributed by atoms with E-state index in [1.54, 1.807) is 24.3 Å². The van der Waals surface area contributed by atoms with Crippen LogP contribution in [-0.4, -0.2) is 90.2 Å². The van der Waals surface area contributed by atoms with Gasteiger partial charge in [0.1, 0.15) is 11.3 Å². The molecule has 0 atom stereocenters. The molecule has 2 fully saturated rings. The van der Waals surface area contributed by atoms with Crippen LogP contribution >= 0.6 is 0 Å². The molecule has 10 heterocycles. The molecular formula is C45H40F4N10O4. The van der Waals surface area contributed by atoms with Crippen molar-refractivity contribution in [3.05, 3.63) is 98.1 Å². The van der Waals surface area contributed by atoms with E-state index in [4.69, 9.17) is 0 Å². The summed E-state index contributed by atoms with van der Waals surface area (Å²) >= 11 is 0. The molecule has 0 saturated carbocycles. The summed E-state index contributed by atoms with van der Waals surface area (Å²) in [4.78, 5) is 17.7. The summed E-state index contributed by atoms with van der Waals surface area (Å²) in [6.07, 6.45) is 12.2. The second kappa shape index (κ2) is 15.2. The smallest absolute Gasteiger partial charge is 0.395 e. The highest BCUT2D eigenvalue weighted by molar-refractivity contribution is 5.97. The van der Waals surface area contributed by atoms with Gasteiger partial charge >= 0.3 is 12.6 Å². The number of rotatable bonds is 6. The molecule has 2 saturated heterocycles. The van der Waals surface area contributed by atoms with Crippen molar-refractivity contribution >= 4 is 22.1 Å². The van der Waals surface area contributed by atoms with E-state index in [2.05, 4.69) is 83.4 Å². The second-order valence-corrected chi connectivity index (χ2v) is 16.2. The fourth-order valence-electron chi connectivity index (χ4n) is 8.74. The predicted octanol–water partition coefficient (Wildman–Crippen LogP) is 9.02. The van der Waals surface area contributed by atoms with Crippen LogP contribution in [0.5, 0.6) is 23.0 Å². The van der Waals surface area contributed by atoms with Gasteiger partial charge < -0.3 is 39.1 Å². The standard InChI is InChI=1S/C23H21F2N5O2.C22H19F2N5O2/c1-29-6-4-17(5-7-29)30-13-16(11-28-30)15-8-18-19(12-27-22(18)26-10-15)14-2-3-20-21(9-14)32-23(24,25)31-20;23-22(24)30-19-2-1-13(8-20(19)31-22)18-11-27-21-17(18)7-14(9-26-21)15-10-28-29(12-15)16-3-5-25-6-4-16/h2-3,8-13,17H,4-7H2,1H3,(H,26,27);1-2,7-12,16,25H,3-6H2,(H,26,27). The number of nitrogens with one attached hydrogen (secondary N) is 3. The van der Waals surface area contributed by atoms with Gasteiger partial charge in [-0.2, -0.15) is 10.2 Å². The number of nitrogens with zero attached hydrogens (tertiary/aromatic N) is 7. The third-order valence-electron chi connectivity index (χ3n) is 12.1. The van der Waals surface area contributed by atoms with E-state index < -0.39 is 12.6 Å². The second-order valence-electron chi connectivity index (χ2n) is 16.2. The van der Waals surface area contributed by atoms with Crippen molar-refractivity contribution in [3.63, 3.8) is 0 Å². The van der Waals surface area contributed by atoms with Crippen molar-refractivity contribution in [1.82, 2.24) is 49.7 Å². The van der Waals surface area contributed by atoms with Gasteiger partial charge in [0.15, 0.2) is 23.0 Å². The van der Waals surface area contributed by atoms with Crippen molar-refractivity contribution < 1.29 is 36.5 Å². The Labute approximate surface area is 356 Å². The Bertz CT molecular complexity index is 2980. The molecule has 0 radical (unpaired) electrons. The van der Waals surface area contributed by atoms with Gasteiger partial charge in [-0.15, -0.1) is 17.6 Å². The van der Waals surface area contributed by atoms with E-state index in [0.29, 0.717) is 17.7 Å². The van der Waals surface area contributed by atoms with Crippen molar-refractivity contribution in [2.24, 2.45) is 0 Å². The van der Waals surface area contributed by atoms with Gasteiger partial charge in [-0.05, 0) is 106 Å². The third kappa shape index (κ3) is 7.58. The minimum atomic E-state index is -3.64. The summed E-state index contributed by atoms with van der Waals surface area (Å²) in [6.45, 7) is 4.15. The Hall–Kier alpha value is -6.92. The molecule has 4 aliphatic rings. The number of likely N-dealkylation sites (tertiary alicyclic amines) is 1. The summed E-state index contributed by atoms with van der Waals surface area (Å²) in [5.74, 6) is 0.0889. The third-order valence-corrected chi connectivity index (χ3v) is 12.1. The molecule has 2 aromatic carbocycles. The normalized spacial score (nSPS) is 18.2. The van der Waals surface area contributed by atoms with Crippen molar-refractivity contribution in [3.8, 4) is 67.5 Å². The Morgan fingerprint density at radius 1 is 0.556 bits per heavy atom. The summed E-state index contributed by atoms with van der Waals surface area (Å²) in [7, 11) is 2.14. The number of alkyl halides is 4. The van der Waals surface area contributed by atoms with Gasteiger partial charge in [-0.25, -0.2) is 9.97 Å². The van der Waals surface area contributed by atoms with Gasteiger partial charge in [-0.1, -0.05) is 12.1 Å². The van der Waals surface area contributed by atoms with Gasteiger partial charge in [0, 0.05) is 81.3 Å². The van der Waals surface area contributed by atoms with Crippen molar-refractivity contribution in [2.45, 2.75) is 50.4 Å². The van der Waals surface area contributed by atoms with Crippen LogP contribution in [-0.2, 0) is 0 Å². The fraction of sp³-hybridized carbons (Fsp3) is 0.289. The lowest BCUT2D eigenvalue weighted by Crippen LogP contribution is -2.31. The number of benzene rings is 2. The average molecular weight is 861 g/mol. The maximum absolute atomic E-state index is 13.4. The first-order valence-corrected chi connectivity index (χ1v) is 20.7. The van der Waals surface area contributed by atoms with Gasteiger partial charge in [0.2, 0.25) is 0 Å². The number of H-pyrrole nitrogens is 2. The molecule has 0 bridgehead atoms. The lowest BCUT2D eigenvalue weighted by molar-refractivity contribution is -0.287. The van der Waals surface area contributed by atoms with Crippen LogP contribution in [0, 0.1) is 0 Å². The maximum Gasteiger partial charge on any atom is 0.586 e. The van der Waals surface area contributed by atoms with E-state index >= 15 is 0 Å². The quantitative estimate of drug-likeness (QED) is 0.139. The number of fused-ring (bicyclic) bond motifs is 4. The molecule has 322 valence electrons. The molecule has 14 nitrogen and oxygen atoms in total. The molecule has 0 aliphatic carbocycles. The van der Waals surface area contributed by atoms with Crippen LogP contribution < -0.4 is 24.3 Å². The molecule has 6 aromatic heterocycles. The van der Waals surface area contributed by atoms with Gasteiger partial charge in [-0.3, -0.25) is 9.36 Å². The zero-order valence-corrected chi connectivity index (χ0v) is 33.8. The van der Waals surface area contributed by atoms with Crippen LogP contribution in [0.1, 0.15) is 37.8 Å². The first-order chi connectivity index (χ1) is 30.5. The Morgan fingerprint density at radius 3 is 1.51 bits per heavy atom. The predicted molar refractivity (Wildman–Crippen MR) is 225 cm³/mol. The van der Waals surface area contributed by atoms with Crippen LogP contribution in [0.15, 0.2) is 98.1 Å². The average Bonchev–Trinajstić information content (AvgIpc) is 4.15. The Kier molecular flexibility index (Phi) is 9.38. The molecule has 18 heteroatoms. The Balaban J connectivity index is 0.000000141. The van der Waals surface area contributed by atoms with Gasteiger partial charge in [0.05, 0.1) is 24.5 Å². The van der Waals surface area contributed by atoms with Crippen LogP contribution in [0.2, 0.25) is 0 Å². The number of hydrogen-bond acceptors (Lipinski definition) is 10. The zero-order valence-electron chi connectivity index (χ0n) is 33.8. The molecule has 0 amide bonds. The molecule has 4 aliphatic heterocycles. The summed E-state index contributed by atoms with van der Waals surface area (Å²) in [6, 6.07) is 14.5. The highest BCUT2D eigenvalue weighted by atomic mass is 19.3. The zero-order chi connectivity index (χ0) is 42.9. The summed E-state index contributed by atoms with van der Waals surface area (Å²) < 4.78 is 75.8. The lowest BCUT2D eigenvalue weighted by Gasteiger charge is -2.28. The first kappa shape index (κ1) is 39.0. The number of aromatic amines is 2. The van der Waals surface area contributed by atoms with Crippen molar-refractivity contribution in [1.29, 1.82) is 0 Å². The van der Waals surface area contributed by atoms with E-state index in [1.165, 1.54) is 12.1 Å². The molecule has 3 N–H and O–H groups in total. The van der Waals surface area contributed by atoms with Crippen LogP contribution in [0.3, 0.4) is 0 Å². The molecule has 0 unspecified atom stereocenters. The monoisotopic (exact) mass is 860 g/mol. The van der Waals surface area contributed by atoms with Crippen molar-refractivity contribution in [2.75, 3.05) is 33.2 Å². The number of pyridine rings is 2. The van der Waals surface area contributed by atoms with E-state index in [-0.39, 0.29) is 23.0 Å². The number of hydrogen-bond donors (Lipinski definition) is 3. The largest absolute Gasteiger partial charge is 0.586 e. The SMILES string of the molecule is CN1CCC(n2cc(-c3cnc4[nH]cc(-c5ccc6c(c5)OC(F)(F)O6)c4c3)cn2)CC1.FC1(F)Oc2ccc(-c3c[nH]c4ncc(-c5cnn(C6CCNCC6)c5)cc34)cc2O1. The Morgan fingerprint density at radius 2 is 1.02 bits per heavy atom.